The fraction of sp³-hybridized carbons (Fsp3) is 0.333. The van der Waals surface area contributed by atoms with Crippen LogP contribution in [0.4, 0.5) is 15.8 Å². The van der Waals surface area contributed by atoms with Gasteiger partial charge in [0, 0.05) is 11.2 Å². The summed E-state index contributed by atoms with van der Waals surface area (Å²) in [6.07, 6.45) is 1.13. The van der Waals surface area contributed by atoms with Crippen LogP contribution in [0.2, 0.25) is 0 Å². The van der Waals surface area contributed by atoms with Crippen LogP contribution in [0.15, 0.2) is 10.9 Å². The summed E-state index contributed by atoms with van der Waals surface area (Å²) in [7, 11) is 0. The molecule has 0 fully saturated rings. The van der Waals surface area contributed by atoms with Gasteiger partial charge in [-0.25, -0.2) is 9.18 Å². The fourth-order valence-corrected chi connectivity index (χ4v) is 3.30. The molecule has 1 aliphatic heterocycles. The third-order valence-corrected chi connectivity index (χ3v) is 4.35. The lowest BCUT2D eigenvalue weighted by Gasteiger charge is -2.26. The first-order valence-corrected chi connectivity index (χ1v) is 6.85. The molecule has 0 amide bonds. The number of anilines is 2. The fourth-order valence-electron chi connectivity index (χ4n) is 3.30. The molecule has 0 saturated heterocycles. The van der Waals surface area contributed by atoms with Crippen molar-refractivity contribution in [2.24, 2.45) is 0 Å². The number of carboxylic acids is 1. The van der Waals surface area contributed by atoms with Gasteiger partial charge in [-0.05, 0) is 32.8 Å². The maximum absolute atomic E-state index is 14.0. The SMILES string of the molecule is CC1(C)CCc2c(C(=O)O)c(=O)c3c(N)c(F)c(N)cc3n21. The Kier molecular flexibility index (Phi) is 2.76. The van der Waals surface area contributed by atoms with Gasteiger partial charge < -0.3 is 21.1 Å². The second kappa shape index (κ2) is 4.22. The van der Waals surface area contributed by atoms with Crippen molar-refractivity contribution >= 4 is 28.2 Å². The molecule has 0 bridgehead atoms. The predicted molar refractivity (Wildman–Crippen MR) is 81.6 cm³/mol. The van der Waals surface area contributed by atoms with Gasteiger partial charge in [-0.3, -0.25) is 4.79 Å². The number of nitrogens with zero attached hydrogens (tertiary/aromatic N) is 1. The van der Waals surface area contributed by atoms with E-state index in [2.05, 4.69) is 0 Å². The minimum atomic E-state index is -1.33. The van der Waals surface area contributed by atoms with Crippen molar-refractivity contribution in [3.05, 3.63) is 33.4 Å². The average molecular weight is 305 g/mol. The van der Waals surface area contributed by atoms with Gasteiger partial charge in [0.1, 0.15) is 5.56 Å². The zero-order valence-corrected chi connectivity index (χ0v) is 12.2. The summed E-state index contributed by atoms with van der Waals surface area (Å²) in [5.74, 6) is -2.22. The van der Waals surface area contributed by atoms with E-state index >= 15 is 0 Å². The molecule has 7 heteroatoms. The van der Waals surface area contributed by atoms with E-state index < -0.39 is 28.4 Å². The summed E-state index contributed by atoms with van der Waals surface area (Å²) < 4.78 is 15.7. The predicted octanol–water partition coefficient (Wildman–Crippen LogP) is 1.68. The second-order valence-electron chi connectivity index (χ2n) is 6.19. The molecular weight excluding hydrogens is 289 g/mol. The maximum atomic E-state index is 14.0. The largest absolute Gasteiger partial charge is 0.477 e. The van der Waals surface area contributed by atoms with Crippen LogP contribution in [-0.4, -0.2) is 15.6 Å². The molecule has 3 rings (SSSR count). The smallest absolute Gasteiger partial charge is 0.341 e. The first-order valence-electron chi connectivity index (χ1n) is 6.85. The van der Waals surface area contributed by atoms with Gasteiger partial charge in [0.25, 0.3) is 0 Å². The number of halogens is 1. The van der Waals surface area contributed by atoms with E-state index in [4.69, 9.17) is 11.5 Å². The summed E-state index contributed by atoms with van der Waals surface area (Å²) in [4.78, 5) is 24.1. The Hall–Kier alpha value is -2.57. The van der Waals surface area contributed by atoms with Crippen LogP contribution >= 0.6 is 0 Å². The van der Waals surface area contributed by atoms with E-state index in [-0.39, 0.29) is 16.6 Å². The first kappa shape index (κ1) is 14.4. The van der Waals surface area contributed by atoms with Gasteiger partial charge in [0.15, 0.2) is 5.82 Å². The Morgan fingerprint density at radius 1 is 1.41 bits per heavy atom. The maximum Gasteiger partial charge on any atom is 0.341 e. The number of aromatic nitrogens is 1. The van der Waals surface area contributed by atoms with E-state index in [9.17, 15) is 19.1 Å². The summed E-state index contributed by atoms with van der Waals surface area (Å²) in [6.45, 7) is 3.85. The highest BCUT2D eigenvalue weighted by molar-refractivity contribution is 6.00. The number of nitrogen functional groups attached to an aromatic ring is 2. The van der Waals surface area contributed by atoms with Crippen molar-refractivity contribution in [3.8, 4) is 0 Å². The van der Waals surface area contributed by atoms with Gasteiger partial charge in [0.2, 0.25) is 5.43 Å². The number of carbonyl (C=O) groups is 1. The van der Waals surface area contributed by atoms with Crippen LogP contribution in [0.5, 0.6) is 0 Å². The zero-order chi connectivity index (χ0) is 16.4. The topological polar surface area (TPSA) is 111 Å². The monoisotopic (exact) mass is 305 g/mol. The van der Waals surface area contributed by atoms with Crippen LogP contribution in [0, 0.1) is 5.82 Å². The van der Waals surface area contributed by atoms with Crippen molar-refractivity contribution in [1.29, 1.82) is 0 Å². The van der Waals surface area contributed by atoms with E-state index in [0.29, 0.717) is 24.1 Å². The van der Waals surface area contributed by atoms with Crippen LogP contribution in [0.3, 0.4) is 0 Å². The van der Waals surface area contributed by atoms with Crippen molar-refractivity contribution in [1.82, 2.24) is 4.57 Å². The molecule has 1 aliphatic rings. The highest BCUT2D eigenvalue weighted by Gasteiger charge is 2.36. The number of carboxylic acid groups (broad SMARTS) is 1. The lowest BCUT2D eigenvalue weighted by atomic mass is 10.0. The van der Waals surface area contributed by atoms with Crippen LogP contribution in [-0.2, 0) is 12.0 Å². The van der Waals surface area contributed by atoms with Crippen molar-refractivity contribution in [2.75, 3.05) is 11.5 Å². The van der Waals surface area contributed by atoms with Crippen molar-refractivity contribution in [3.63, 3.8) is 0 Å². The van der Waals surface area contributed by atoms with Crippen molar-refractivity contribution in [2.45, 2.75) is 32.2 Å². The van der Waals surface area contributed by atoms with E-state index in [1.165, 1.54) is 6.07 Å². The average Bonchev–Trinajstić information content (AvgIpc) is 2.71. The quantitative estimate of drug-likeness (QED) is 0.694. The molecule has 0 atom stereocenters. The third kappa shape index (κ3) is 1.65. The Labute approximate surface area is 125 Å². The molecule has 1 aromatic carbocycles. The van der Waals surface area contributed by atoms with Gasteiger partial charge in [-0.1, -0.05) is 0 Å². The number of hydrogen-bond acceptors (Lipinski definition) is 4. The molecule has 22 heavy (non-hydrogen) atoms. The van der Waals surface area contributed by atoms with Crippen LogP contribution in [0.1, 0.15) is 36.3 Å². The molecule has 116 valence electrons. The summed E-state index contributed by atoms with van der Waals surface area (Å²) in [5, 5.41) is 9.28. The zero-order valence-electron chi connectivity index (χ0n) is 12.2. The molecule has 0 saturated carbocycles. The van der Waals surface area contributed by atoms with Crippen LogP contribution < -0.4 is 16.9 Å². The number of fused-ring (bicyclic) bond motifs is 3. The second-order valence-corrected chi connectivity index (χ2v) is 6.19. The molecule has 6 nitrogen and oxygen atoms in total. The third-order valence-electron chi connectivity index (χ3n) is 4.35. The molecular formula is C15H16FN3O3. The van der Waals surface area contributed by atoms with E-state index in [0.717, 1.165) is 0 Å². The lowest BCUT2D eigenvalue weighted by Crippen LogP contribution is -2.28. The van der Waals surface area contributed by atoms with Gasteiger partial charge >= 0.3 is 5.97 Å². The number of pyridine rings is 1. The first-order chi connectivity index (χ1) is 10.2. The highest BCUT2D eigenvalue weighted by atomic mass is 19.1. The van der Waals surface area contributed by atoms with E-state index in [1.54, 1.807) is 4.57 Å². The molecule has 0 aliphatic carbocycles. The molecule has 0 radical (unpaired) electrons. The molecule has 0 spiro atoms. The van der Waals surface area contributed by atoms with Gasteiger partial charge in [-0.15, -0.1) is 0 Å². The highest BCUT2D eigenvalue weighted by Crippen LogP contribution is 2.38. The van der Waals surface area contributed by atoms with E-state index in [1.807, 2.05) is 13.8 Å². The molecule has 0 unspecified atom stereocenters. The number of aromatic carboxylic acids is 1. The normalized spacial score (nSPS) is 16.0. The molecule has 5 N–H and O–H groups in total. The Morgan fingerprint density at radius 3 is 2.64 bits per heavy atom. The summed E-state index contributed by atoms with van der Waals surface area (Å²) in [5.41, 5.74) is 10.1. The Balaban J connectivity index is 2.66. The minimum Gasteiger partial charge on any atom is -0.477 e. The number of benzene rings is 1. The number of nitrogens with two attached hydrogens (primary N) is 2. The van der Waals surface area contributed by atoms with Crippen molar-refractivity contribution < 1.29 is 14.3 Å². The number of rotatable bonds is 1. The summed E-state index contributed by atoms with van der Waals surface area (Å²) >= 11 is 0. The van der Waals surface area contributed by atoms with Crippen LogP contribution in [0.25, 0.3) is 10.9 Å². The Bertz CT molecular complexity index is 900. The molecule has 1 aromatic heterocycles. The number of hydrogen-bond donors (Lipinski definition) is 3. The van der Waals surface area contributed by atoms with Gasteiger partial charge in [0.05, 0.1) is 22.3 Å². The van der Waals surface area contributed by atoms with Gasteiger partial charge in [-0.2, -0.15) is 0 Å². The minimum absolute atomic E-state index is 0.122. The lowest BCUT2D eigenvalue weighted by molar-refractivity contribution is 0.0694. The molecule has 2 heterocycles. The summed E-state index contributed by atoms with van der Waals surface area (Å²) in [6, 6.07) is 1.35. The molecule has 2 aromatic rings. The Morgan fingerprint density at radius 2 is 2.05 bits per heavy atom. The standard InChI is InChI=1S/C15H16FN3O3/c1-15(2)4-3-7-10(14(21)22)13(20)9-8(19(7)15)5-6(17)11(16)12(9)18/h5H,3-4,17-18H2,1-2H3,(H,21,22).